The van der Waals surface area contributed by atoms with Crippen molar-refractivity contribution >= 4 is 62.5 Å². The van der Waals surface area contributed by atoms with Gasteiger partial charge in [-0.25, -0.2) is 9.37 Å². The second-order valence-electron chi connectivity index (χ2n) is 5.91. The van der Waals surface area contributed by atoms with Gasteiger partial charge in [-0.3, -0.25) is 9.59 Å². The van der Waals surface area contributed by atoms with Crippen LogP contribution in [0.3, 0.4) is 0 Å². The molecule has 0 saturated heterocycles. The van der Waals surface area contributed by atoms with E-state index < -0.39 is 17.0 Å². The molecule has 0 saturated carbocycles. The number of aliphatic carboxylic acids is 1. The zero-order valence-electron chi connectivity index (χ0n) is 13.7. The highest BCUT2D eigenvalue weighted by molar-refractivity contribution is 8.01. The molecule has 0 fully saturated rings. The largest absolute Gasteiger partial charge is 0.481 e. The van der Waals surface area contributed by atoms with Gasteiger partial charge in [-0.1, -0.05) is 23.7 Å². The monoisotopic (exact) mass is 422 g/mol. The van der Waals surface area contributed by atoms with E-state index in [0.29, 0.717) is 20.9 Å². The van der Waals surface area contributed by atoms with Crippen LogP contribution in [0.2, 0.25) is 5.02 Å². The summed E-state index contributed by atoms with van der Waals surface area (Å²) in [5.41, 5.74) is 1.28. The SMILES string of the molecule is O=C(O)CC1Sc2ccccc2N(Cc2nc3ccc(F)c(Cl)c3s2)C1=O. The molecule has 3 aromatic rings. The van der Waals surface area contributed by atoms with Crippen molar-refractivity contribution in [2.75, 3.05) is 4.90 Å². The Balaban J connectivity index is 1.72. The number of thioether (sulfide) groups is 1. The number of fused-ring (bicyclic) bond motifs is 2. The lowest BCUT2D eigenvalue weighted by atomic mass is 10.2. The van der Waals surface area contributed by atoms with Crippen molar-refractivity contribution in [2.45, 2.75) is 23.1 Å². The van der Waals surface area contributed by atoms with E-state index in [1.165, 1.54) is 29.2 Å². The fourth-order valence-electron chi connectivity index (χ4n) is 2.91. The van der Waals surface area contributed by atoms with Gasteiger partial charge in [-0.05, 0) is 24.3 Å². The first-order valence-electron chi connectivity index (χ1n) is 7.96. The number of nitrogens with zero attached hydrogens (tertiary/aromatic N) is 2. The van der Waals surface area contributed by atoms with Crippen molar-refractivity contribution in [3.8, 4) is 0 Å². The summed E-state index contributed by atoms with van der Waals surface area (Å²) in [6.45, 7) is 0.170. The highest BCUT2D eigenvalue weighted by atomic mass is 35.5. The van der Waals surface area contributed by atoms with Crippen LogP contribution in [0.25, 0.3) is 10.2 Å². The van der Waals surface area contributed by atoms with Crippen molar-refractivity contribution in [1.82, 2.24) is 4.98 Å². The molecule has 2 heterocycles. The van der Waals surface area contributed by atoms with Gasteiger partial charge in [0.05, 0.1) is 39.1 Å². The van der Waals surface area contributed by atoms with Crippen LogP contribution in [-0.4, -0.2) is 27.2 Å². The number of thiazole rings is 1. The summed E-state index contributed by atoms with van der Waals surface area (Å²) < 4.78 is 14.2. The molecule has 138 valence electrons. The minimum atomic E-state index is -1.03. The Labute approximate surface area is 166 Å². The van der Waals surface area contributed by atoms with Gasteiger partial charge in [-0.2, -0.15) is 0 Å². The molecule has 1 aromatic heterocycles. The van der Waals surface area contributed by atoms with E-state index in [2.05, 4.69) is 4.98 Å². The molecule has 1 aliphatic heterocycles. The molecule has 9 heteroatoms. The molecule has 27 heavy (non-hydrogen) atoms. The van der Waals surface area contributed by atoms with Crippen LogP contribution in [0.1, 0.15) is 11.4 Å². The highest BCUT2D eigenvalue weighted by Gasteiger charge is 2.35. The minimum Gasteiger partial charge on any atom is -0.481 e. The Kier molecular flexibility index (Phi) is 4.79. The lowest BCUT2D eigenvalue weighted by Crippen LogP contribution is -2.41. The fourth-order valence-corrected chi connectivity index (χ4v) is 5.38. The van der Waals surface area contributed by atoms with Gasteiger partial charge in [0, 0.05) is 4.90 Å². The first-order chi connectivity index (χ1) is 12.9. The Morgan fingerprint density at radius 1 is 1.30 bits per heavy atom. The minimum absolute atomic E-state index is 0.0148. The number of para-hydroxylation sites is 1. The lowest BCUT2D eigenvalue weighted by molar-refractivity contribution is -0.138. The summed E-state index contributed by atoms with van der Waals surface area (Å²) in [4.78, 5) is 30.9. The van der Waals surface area contributed by atoms with Crippen LogP contribution in [0.15, 0.2) is 41.3 Å². The van der Waals surface area contributed by atoms with Crippen molar-refractivity contribution in [3.05, 3.63) is 52.2 Å². The smallest absolute Gasteiger partial charge is 0.305 e. The van der Waals surface area contributed by atoms with E-state index in [1.54, 1.807) is 11.0 Å². The number of carbonyl (C=O) groups is 2. The molecule has 0 aliphatic carbocycles. The Bertz CT molecular complexity index is 1070. The maximum atomic E-state index is 13.7. The molecule has 1 amide bonds. The van der Waals surface area contributed by atoms with E-state index >= 15 is 0 Å². The van der Waals surface area contributed by atoms with Crippen LogP contribution in [0.4, 0.5) is 10.1 Å². The summed E-state index contributed by atoms with van der Waals surface area (Å²) in [5.74, 6) is -1.82. The third-order valence-electron chi connectivity index (χ3n) is 4.11. The van der Waals surface area contributed by atoms with Gasteiger partial charge in [0.1, 0.15) is 10.8 Å². The number of hydrogen-bond acceptors (Lipinski definition) is 5. The fraction of sp³-hybridized carbons (Fsp3) is 0.167. The average molecular weight is 423 g/mol. The van der Waals surface area contributed by atoms with E-state index in [0.717, 1.165) is 4.90 Å². The molecule has 0 bridgehead atoms. The van der Waals surface area contributed by atoms with Crippen LogP contribution in [0, 0.1) is 5.82 Å². The molecule has 1 aliphatic rings. The maximum absolute atomic E-state index is 13.7. The molecule has 4 rings (SSSR count). The van der Waals surface area contributed by atoms with E-state index in [4.69, 9.17) is 16.7 Å². The van der Waals surface area contributed by atoms with Crippen molar-refractivity contribution in [3.63, 3.8) is 0 Å². The van der Waals surface area contributed by atoms with Crippen LogP contribution in [-0.2, 0) is 16.1 Å². The highest BCUT2D eigenvalue weighted by Crippen LogP contribution is 2.41. The van der Waals surface area contributed by atoms with Crippen molar-refractivity contribution < 1.29 is 19.1 Å². The first kappa shape index (κ1) is 18.2. The van der Waals surface area contributed by atoms with Crippen LogP contribution >= 0.6 is 34.7 Å². The summed E-state index contributed by atoms with van der Waals surface area (Å²) in [5, 5.41) is 9.03. The van der Waals surface area contributed by atoms with Crippen LogP contribution < -0.4 is 4.90 Å². The van der Waals surface area contributed by atoms with Gasteiger partial charge in [0.25, 0.3) is 0 Å². The van der Waals surface area contributed by atoms with Gasteiger partial charge in [-0.15, -0.1) is 23.1 Å². The maximum Gasteiger partial charge on any atom is 0.305 e. The number of aromatic nitrogens is 1. The number of anilines is 1. The summed E-state index contributed by atoms with van der Waals surface area (Å²) in [7, 11) is 0. The molecular weight excluding hydrogens is 411 g/mol. The Morgan fingerprint density at radius 3 is 2.85 bits per heavy atom. The van der Waals surface area contributed by atoms with Crippen molar-refractivity contribution in [1.29, 1.82) is 0 Å². The summed E-state index contributed by atoms with van der Waals surface area (Å²) in [6.07, 6.45) is -0.259. The van der Waals surface area contributed by atoms with Crippen LogP contribution in [0.5, 0.6) is 0 Å². The number of benzene rings is 2. The zero-order valence-corrected chi connectivity index (χ0v) is 16.1. The number of carbonyl (C=O) groups excluding carboxylic acids is 1. The molecule has 1 atom stereocenters. The molecule has 1 N–H and O–H groups in total. The number of carboxylic acid groups (broad SMARTS) is 1. The van der Waals surface area contributed by atoms with Gasteiger partial charge < -0.3 is 10.0 Å². The predicted molar refractivity (Wildman–Crippen MR) is 104 cm³/mol. The molecule has 1 unspecified atom stereocenters. The number of rotatable bonds is 4. The van der Waals surface area contributed by atoms with E-state index in [9.17, 15) is 14.0 Å². The average Bonchev–Trinajstić information content (AvgIpc) is 3.05. The standard InChI is InChI=1S/C18H12ClFN2O3S2/c19-16-9(20)5-6-10-17(16)27-14(21-10)8-22-11-3-1-2-4-12(11)26-13(18(22)25)7-15(23)24/h1-6,13H,7-8H2,(H,23,24). The van der Waals surface area contributed by atoms with E-state index in [1.807, 2.05) is 24.3 Å². The second kappa shape index (κ2) is 7.10. The quantitative estimate of drug-likeness (QED) is 0.666. The number of carboxylic acids is 1. The number of halogens is 2. The molecule has 2 aromatic carbocycles. The molecular formula is C18H12ClFN2O3S2. The third kappa shape index (κ3) is 3.40. The molecule has 0 radical (unpaired) electrons. The number of amides is 1. The van der Waals surface area contributed by atoms with E-state index in [-0.39, 0.29) is 23.9 Å². The molecule has 5 nitrogen and oxygen atoms in total. The van der Waals surface area contributed by atoms with Gasteiger partial charge in [0.2, 0.25) is 5.91 Å². The summed E-state index contributed by atoms with van der Waals surface area (Å²) >= 11 is 8.50. The van der Waals surface area contributed by atoms with Crippen molar-refractivity contribution in [2.24, 2.45) is 0 Å². The normalized spacial score (nSPS) is 16.6. The third-order valence-corrected chi connectivity index (χ3v) is 6.92. The molecule has 0 spiro atoms. The van der Waals surface area contributed by atoms with Gasteiger partial charge in [0.15, 0.2) is 0 Å². The number of hydrogen-bond donors (Lipinski definition) is 1. The lowest BCUT2D eigenvalue weighted by Gasteiger charge is -2.32. The zero-order chi connectivity index (χ0) is 19.1. The second-order valence-corrected chi connectivity index (χ2v) is 8.62. The summed E-state index contributed by atoms with van der Waals surface area (Å²) in [6, 6.07) is 10.1. The van der Waals surface area contributed by atoms with Gasteiger partial charge >= 0.3 is 5.97 Å². The predicted octanol–water partition coefficient (Wildman–Crippen LogP) is 4.57. The Morgan fingerprint density at radius 2 is 2.07 bits per heavy atom. The topological polar surface area (TPSA) is 70.5 Å². The Hall–Kier alpha value is -2.16. The first-order valence-corrected chi connectivity index (χ1v) is 10.0.